The van der Waals surface area contributed by atoms with E-state index < -0.39 is 41.3 Å². The number of nitrogens with zero attached hydrogens (tertiary/aromatic N) is 1. The van der Waals surface area contributed by atoms with Crippen molar-refractivity contribution >= 4 is 12.0 Å². The normalized spacial score (nSPS) is 17.6. The number of amides is 2. The van der Waals surface area contributed by atoms with Crippen molar-refractivity contribution in [3.8, 4) is 0 Å². The van der Waals surface area contributed by atoms with Gasteiger partial charge in [0.25, 0.3) is 0 Å². The number of hydrogen-bond acceptors (Lipinski definition) is 7. The summed E-state index contributed by atoms with van der Waals surface area (Å²) >= 11 is 0. The predicted octanol–water partition coefficient (Wildman–Crippen LogP) is 4.43. The third-order valence-electron chi connectivity index (χ3n) is 7.20. The number of rotatable bonds is 10. The number of nitrogens with one attached hydrogen (secondary N) is 1. The molecular weight excluding hydrogens is 536 g/mol. The van der Waals surface area contributed by atoms with Gasteiger partial charge in [-0.2, -0.15) is 0 Å². The van der Waals surface area contributed by atoms with E-state index in [2.05, 4.69) is 5.32 Å². The van der Waals surface area contributed by atoms with Crippen LogP contribution in [0.25, 0.3) is 0 Å². The Bertz CT molecular complexity index is 1210. The largest absolute Gasteiger partial charge is 0.444 e. The molecule has 1 heterocycles. The monoisotopic (exact) mass is 576 g/mol. The maximum absolute atomic E-state index is 13.5. The SMILES string of the molecule is COC(OC)(OC(c1ccccc1)(c1ccccc1)c1ccccc1)C1CC(O)CN1C(=O)CNC(=O)OC(C)(C)C. The smallest absolute Gasteiger partial charge is 0.408 e. The second-order valence-corrected chi connectivity index (χ2v) is 11.2. The van der Waals surface area contributed by atoms with E-state index in [4.69, 9.17) is 18.9 Å². The van der Waals surface area contributed by atoms with Crippen LogP contribution in [0.3, 0.4) is 0 Å². The predicted molar refractivity (Wildman–Crippen MR) is 157 cm³/mol. The minimum absolute atomic E-state index is 0.00629. The molecule has 0 radical (unpaired) electrons. The van der Waals surface area contributed by atoms with E-state index >= 15 is 0 Å². The van der Waals surface area contributed by atoms with Crippen molar-refractivity contribution in [3.63, 3.8) is 0 Å². The Morgan fingerprint density at radius 1 is 0.833 bits per heavy atom. The van der Waals surface area contributed by atoms with Crippen LogP contribution < -0.4 is 5.32 Å². The van der Waals surface area contributed by atoms with Crippen LogP contribution in [0, 0.1) is 0 Å². The van der Waals surface area contributed by atoms with Gasteiger partial charge in [-0.25, -0.2) is 4.79 Å². The lowest BCUT2D eigenvalue weighted by molar-refractivity contribution is -0.405. The topological polar surface area (TPSA) is 107 Å². The molecule has 1 aliphatic rings. The number of likely N-dealkylation sites (tertiary alicyclic amines) is 1. The van der Waals surface area contributed by atoms with Gasteiger partial charge in [0.05, 0.1) is 6.10 Å². The Morgan fingerprint density at radius 3 is 1.69 bits per heavy atom. The molecule has 0 bridgehead atoms. The molecule has 1 saturated heterocycles. The summed E-state index contributed by atoms with van der Waals surface area (Å²) in [6, 6.07) is 28.3. The fourth-order valence-electron chi connectivity index (χ4n) is 5.40. The Morgan fingerprint density at radius 2 is 1.29 bits per heavy atom. The summed E-state index contributed by atoms with van der Waals surface area (Å²) in [6.07, 6.45) is -1.47. The summed E-state index contributed by atoms with van der Waals surface area (Å²) < 4.78 is 24.5. The maximum Gasteiger partial charge on any atom is 0.408 e. The fourth-order valence-corrected chi connectivity index (χ4v) is 5.40. The first-order valence-electron chi connectivity index (χ1n) is 14.0. The van der Waals surface area contributed by atoms with Crippen LogP contribution in [-0.2, 0) is 29.3 Å². The number of β-amino-alcohol motifs (C(OH)–C–C–N with tert-alkyl or cyclic N) is 1. The second-order valence-electron chi connectivity index (χ2n) is 11.2. The van der Waals surface area contributed by atoms with Crippen molar-refractivity contribution in [3.05, 3.63) is 108 Å². The molecule has 9 heteroatoms. The van der Waals surface area contributed by atoms with Gasteiger partial charge in [0, 0.05) is 27.2 Å². The maximum atomic E-state index is 13.5. The van der Waals surface area contributed by atoms with Gasteiger partial charge in [-0.1, -0.05) is 91.0 Å². The lowest BCUT2D eigenvalue weighted by Gasteiger charge is -2.47. The average Bonchev–Trinajstić information content (AvgIpc) is 3.40. The fraction of sp³-hybridized carbons (Fsp3) is 0.394. The molecule has 0 saturated carbocycles. The lowest BCUT2D eigenvalue weighted by atomic mass is 9.80. The molecule has 3 aromatic rings. The zero-order valence-electron chi connectivity index (χ0n) is 24.8. The molecule has 0 aliphatic carbocycles. The number of carbonyl (C=O) groups excluding carboxylic acids is 2. The van der Waals surface area contributed by atoms with Crippen molar-refractivity contribution in [1.82, 2.24) is 10.2 Å². The number of aliphatic hydroxyl groups excluding tert-OH is 1. The average molecular weight is 577 g/mol. The van der Waals surface area contributed by atoms with Gasteiger partial charge in [-0.15, -0.1) is 0 Å². The molecule has 2 atom stereocenters. The summed E-state index contributed by atoms with van der Waals surface area (Å²) in [4.78, 5) is 27.2. The third kappa shape index (κ3) is 6.65. The van der Waals surface area contributed by atoms with Gasteiger partial charge in [0.1, 0.15) is 23.8 Å². The van der Waals surface area contributed by atoms with Crippen LogP contribution >= 0.6 is 0 Å². The Balaban J connectivity index is 1.78. The van der Waals surface area contributed by atoms with Gasteiger partial charge < -0.3 is 34.3 Å². The molecule has 224 valence electrons. The number of ether oxygens (including phenoxy) is 4. The van der Waals surface area contributed by atoms with E-state index in [-0.39, 0.29) is 19.5 Å². The first-order valence-corrected chi connectivity index (χ1v) is 14.0. The van der Waals surface area contributed by atoms with Crippen LogP contribution in [0.1, 0.15) is 43.9 Å². The van der Waals surface area contributed by atoms with Gasteiger partial charge in [0.15, 0.2) is 0 Å². The van der Waals surface area contributed by atoms with Crippen LogP contribution in [0.2, 0.25) is 0 Å². The first kappa shape index (κ1) is 31.2. The number of alkyl carbamates (subject to hydrolysis) is 1. The van der Waals surface area contributed by atoms with Gasteiger partial charge in [-0.3, -0.25) is 4.79 Å². The second kappa shape index (κ2) is 13.0. The molecule has 3 aromatic carbocycles. The molecule has 0 aromatic heterocycles. The van der Waals surface area contributed by atoms with E-state index in [1.165, 1.54) is 19.1 Å². The van der Waals surface area contributed by atoms with Crippen LogP contribution in [0.4, 0.5) is 4.79 Å². The van der Waals surface area contributed by atoms with Crippen molar-refractivity contribution < 1.29 is 33.6 Å². The van der Waals surface area contributed by atoms with Gasteiger partial charge >= 0.3 is 12.1 Å². The highest BCUT2D eigenvalue weighted by Gasteiger charge is 2.56. The number of benzene rings is 3. The molecule has 2 N–H and O–H groups in total. The molecular formula is C33H40N2O7. The third-order valence-corrected chi connectivity index (χ3v) is 7.20. The standard InChI is InChI=1S/C33H40N2O7/c1-31(2,3)41-30(38)34-22-29(37)35-23-27(36)21-28(35)33(39-4,40-5)42-32(24-15-9-6-10-16-24,25-17-11-7-12-18-25)26-19-13-8-14-20-26/h6-20,27-28,36H,21-23H2,1-5H3,(H,34,38). The Labute approximate surface area is 247 Å². The number of carbonyl (C=O) groups is 2. The van der Waals surface area contributed by atoms with E-state index in [1.54, 1.807) is 20.8 Å². The molecule has 9 nitrogen and oxygen atoms in total. The summed E-state index contributed by atoms with van der Waals surface area (Å²) in [5.74, 6) is -2.28. The summed E-state index contributed by atoms with van der Waals surface area (Å²) in [5.41, 5.74) is 0.466. The lowest BCUT2D eigenvalue weighted by Crippen LogP contribution is -2.60. The zero-order chi connectivity index (χ0) is 30.4. The highest BCUT2D eigenvalue weighted by Crippen LogP contribution is 2.46. The van der Waals surface area contributed by atoms with E-state index in [1.807, 2.05) is 91.0 Å². The molecule has 4 rings (SSSR count). The van der Waals surface area contributed by atoms with Gasteiger partial charge in [-0.05, 0) is 37.5 Å². The number of methoxy groups -OCH3 is 2. The quantitative estimate of drug-likeness (QED) is 0.272. The summed E-state index contributed by atoms with van der Waals surface area (Å²) in [6.45, 7) is 4.88. The Kier molecular flexibility index (Phi) is 9.68. The molecule has 2 unspecified atom stereocenters. The van der Waals surface area contributed by atoms with Crippen LogP contribution in [0.5, 0.6) is 0 Å². The summed E-state index contributed by atoms with van der Waals surface area (Å²) in [5, 5.41) is 13.3. The van der Waals surface area contributed by atoms with Crippen molar-refractivity contribution in [2.24, 2.45) is 0 Å². The molecule has 42 heavy (non-hydrogen) atoms. The highest BCUT2D eigenvalue weighted by molar-refractivity contribution is 5.83. The minimum atomic E-state index is -1.83. The van der Waals surface area contributed by atoms with Crippen molar-refractivity contribution in [2.75, 3.05) is 27.3 Å². The Hall–Kier alpha value is -3.76. The van der Waals surface area contributed by atoms with E-state index in [9.17, 15) is 14.7 Å². The van der Waals surface area contributed by atoms with E-state index in [0.717, 1.165) is 16.7 Å². The molecule has 1 aliphatic heterocycles. The number of hydrogen-bond donors (Lipinski definition) is 2. The van der Waals surface area contributed by atoms with Crippen molar-refractivity contribution in [1.29, 1.82) is 0 Å². The highest BCUT2D eigenvalue weighted by atomic mass is 16.9. The molecule has 1 fully saturated rings. The molecule has 0 spiro atoms. The van der Waals surface area contributed by atoms with Crippen LogP contribution in [-0.4, -0.2) is 73.0 Å². The van der Waals surface area contributed by atoms with E-state index in [0.29, 0.717) is 0 Å². The first-order chi connectivity index (χ1) is 20.0. The summed E-state index contributed by atoms with van der Waals surface area (Å²) in [7, 11) is 2.89. The number of aliphatic hydroxyl groups is 1. The molecule has 2 amide bonds. The van der Waals surface area contributed by atoms with Gasteiger partial charge in [0.2, 0.25) is 5.91 Å². The minimum Gasteiger partial charge on any atom is -0.444 e. The zero-order valence-corrected chi connectivity index (χ0v) is 24.8. The van der Waals surface area contributed by atoms with Crippen LogP contribution in [0.15, 0.2) is 91.0 Å². The van der Waals surface area contributed by atoms with Crippen molar-refractivity contribution in [2.45, 2.75) is 56.5 Å².